The molecule has 0 radical (unpaired) electrons. The van der Waals surface area contributed by atoms with E-state index < -0.39 is 0 Å². The lowest BCUT2D eigenvalue weighted by atomic mass is 9.94. The summed E-state index contributed by atoms with van der Waals surface area (Å²) in [7, 11) is 0. The van der Waals surface area contributed by atoms with Gasteiger partial charge in [-0.1, -0.05) is 79.1 Å². The lowest BCUT2D eigenvalue weighted by Gasteiger charge is -2.29. The van der Waals surface area contributed by atoms with Gasteiger partial charge in [-0.05, 0) is 38.0 Å². The van der Waals surface area contributed by atoms with Gasteiger partial charge >= 0.3 is 0 Å². The Morgan fingerprint density at radius 1 is 1.03 bits per heavy atom. The van der Waals surface area contributed by atoms with Crippen LogP contribution in [0.4, 0.5) is 11.4 Å². The summed E-state index contributed by atoms with van der Waals surface area (Å²) in [4.78, 5) is 43.4. The van der Waals surface area contributed by atoms with E-state index in [1.54, 1.807) is 11.0 Å². The van der Waals surface area contributed by atoms with Gasteiger partial charge in [0, 0.05) is 17.3 Å². The zero-order valence-corrected chi connectivity index (χ0v) is 20.5. The Labute approximate surface area is 208 Å². The third kappa shape index (κ3) is 4.16. The van der Waals surface area contributed by atoms with Crippen molar-refractivity contribution < 1.29 is 14.4 Å². The molecule has 1 saturated carbocycles. The molecule has 1 saturated heterocycles. The number of para-hydroxylation sites is 1. The molecule has 0 unspecified atom stereocenters. The highest BCUT2D eigenvalue weighted by molar-refractivity contribution is 8.26. The minimum Gasteiger partial charge on any atom is -0.325 e. The Morgan fingerprint density at radius 3 is 2.47 bits per heavy atom. The van der Waals surface area contributed by atoms with Crippen LogP contribution in [0.5, 0.6) is 0 Å². The molecule has 2 fully saturated rings. The van der Waals surface area contributed by atoms with Crippen LogP contribution in [0.15, 0.2) is 53.4 Å². The van der Waals surface area contributed by atoms with Crippen LogP contribution in [0.3, 0.4) is 0 Å². The number of anilines is 2. The molecule has 1 aliphatic carbocycles. The number of thiocarbonyl (C=S) groups is 1. The van der Waals surface area contributed by atoms with Crippen LogP contribution in [-0.4, -0.2) is 39.5 Å². The molecule has 8 heteroatoms. The summed E-state index contributed by atoms with van der Waals surface area (Å²) in [5.74, 6) is -0.835. The van der Waals surface area contributed by atoms with Gasteiger partial charge in [0.1, 0.15) is 10.9 Å². The monoisotopic (exact) mass is 491 g/mol. The van der Waals surface area contributed by atoms with Crippen molar-refractivity contribution in [2.24, 2.45) is 0 Å². The van der Waals surface area contributed by atoms with E-state index in [4.69, 9.17) is 12.2 Å². The van der Waals surface area contributed by atoms with Crippen molar-refractivity contribution in [2.45, 2.75) is 45.1 Å². The minimum atomic E-state index is -0.343. The highest BCUT2D eigenvalue weighted by Gasteiger charge is 2.44. The molecule has 2 aromatic rings. The molecule has 1 N–H and O–H groups in total. The molecule has 3 amide bonds. The van der Waals surface area contributed by atoms with Crippen molar-refractivity contribution >= 4 is 63.0 Å². The predicted molar refractivity (Wildman–Crippen MR) is 139 cm³/mol. The summed E-state index contributed by atoms with van der Waals surface area (Å²) < 4.78 is 0.514. The smallest absolute Gasteiger partial charge is 0.267 e. The number of aryl methyl sites for hydroxylation is 1. The normalized spacial score (nSPS) is 20.8. The van der Waals surface area contributed by atoms with Crippen LogP contribution in [0.2, 0.25) is 0 Å². The number of hydrogen-bond acceptors (Lipinski definition) is 5. The molecule has 34 heavy (non-hydrogen) atoms. The van der Waals surface area contributed by atoms with Gasteiger partial charge in [-0.2, -0.15) is 0 Å². The third-order valence-electron chi connectivity index (χ3n) is 6.53. The Bertz CT molecular complexity index is 1220. The van der Waals surface area contributed by atoms with Gasteiger partial charge in [0.2, 0.25) is 5.91 Å². The Hall–Kier alpha value is -2.97. The van der Waals surface area contributed by atoms with Crippen molar-refractivity contribution in [1.29, 1.82) is 0 Å². The van der Waals surface area contributed by atoms with Crippen LogP contribution in [0.25, 0.3) is 5.57 Å². The molecule has 2 aliphatic heterocycles. The van der Waals surface area contributed by atoms with Crippen LogP contribution in [-0.2, 0) is 14.4 Å². The second-order valence-electron chi connectivity index (χ2n) is 8.86. The summed E-state index contributed by atoms with van der Waals surface area (Å²) in [5.41, 5.74) is 3.40. The number of nitrogens with zero attached hydrogens (tertiary/aromatic N) is 2. The maximum atomic E-state index is 13.6. The number of nitrogens with one attached hydrogen (secondary N) is 1. The maximum Gasteiger partial charge on any atom is 0.267 e. The fourth-order valence-corrected chi connectivity index (χ4v) is 6.29. The topological polar surface area (TPSA) is 69.7 Å². The van der Waals surface area contributed by atoms with Gasteiger partial charge < -0.3 is 5.32 Å². The summed E-state index contributed by atoms with van der Waals surface area (Å²) in [5, 5.41) is 2.85. The van der Waals surface area contributed by atoms with Crippen molar-refractivity contribution in [3.8, 4) is 0 Å². The number of hydrogen-bond donors (Lipinski definition) is 1. The van der Waals surface area contributed by atoms with E-state index >= 15 is 0 Å². The fourth-order valence-electron chi connectivity index (χ4n) is 4.82. The maximum absolute atomic E-state index is 13.6. The standard InChI is InChI=1S/C26H25N3O3S2/c1-16-11-13-17(14-12-16)27-21(30)15-28-20-10-6-5-9-19(20)22(24(28)31)23-25(32)29(26(33)34-23)18-7-3-2-4-8-18/h5-6,9-14,18H,2-4,7-8,15H2,1H3,(H,27,30). The van der Waals surface area contributed by atoms with Gasteiger partial charge in [-0.25, -0.2) is 0 Å². The zero-order chi connectivity index (χ0) is 23.8. The van der Waals surface area contributed by atoms with Crippen molar-refractivity contribution in [3.05, 3.63) is 64.6 Å². The number of thioether (sulfide) groups is 1. The SMILES string of the molecule is Cc1ccc(NC(=O)CN2C(=O)C(=C3SC(=S)N(C4CCCCC4)C3=O)c3ccccc32)cc1. The first kappa shape index (κ1) is 22.8. The Kier molecular flexibility index (Phi) is 6.27. The van der Waals surface area contributed by atoms with Crippen LogP contribution in [0.1, 0.15) is 43.2 Å². The van der Waals surface area contributed by atoms with Gasteiger partial charge in [0.05, 0.1) is 16.2 Å². The second kappa shape index (κ2) is 9.35. The summed E-state index contributed by atoms with van der Waals surface area (Å²) >= 11 is 6.78. The minimum absolute atomic E-state index is 0.0995. The third-order valence-corrected chi connectivity index (χ3v) is 7.93. The molecule has 3 aliphatic rings. The zero-order valence-electron chi connectivity index (χ0n) is 18.9. The van der Waals surface area contributed by atoms with Crippen LogP contribution >= 0.6 is 24.0 Å². The number of amides is 3. The lowest BCUT2D eigenvalue weighted by molar-refractivity contribution is -0.124. The first-order valence-electron chi connectivity index (χ1n) is 11.5. The predicted octanol–water partition coefficient (Wildman–Crippen LogP) is 4.88. The van der Waals surface area contributed by atoms with Gasteiger partial charge in [0.15, 0.2) is 0 Å². The molecular weight excluding hydrogens is 466 g/mol. The molecule has 2 heterocycles. The van der Waals surface area contributed by atoms with E-state index in [0.717, 1.165) is 31.2 Å². The van der Waals surface area contributed by atoms with Crippen molar-refractivity contribution in [1.82, 2.24) is 4.90 Å². The number of carbonyl (C=O) groups excluding carboxylic acids is 3. The van der Waals surface area contributed by atoms with E-state index in [1.807, 2.05) is 49.4 Å². The molecule has 0 atom stereocenters. The molecule has 0 aromatic heterocycles. The van der Waals surface area contributed by atoms with E-state index in [9.17, 15) is 14.4 Å². The number of carbonyl (C=O) groups is 3. The molecule has 174 valence electrons. The molecule has 2 aromatic carbocycles. The van der Waals surface area contributed by atoms with E-state index in [1.165, 1.54) is 23.1 Å². The van der Waals surface area contributed by atoms with E-state index in [-0.39, 0.29) is 30.3 Å². The molecular formula is C26H25N3O3S2. The Morgan fingerprint density at radius 2 is 1.74 bits per heavy atom. The first-order chi connectivity index (χ1) is 16.4. The van der Waals surface area contributed by atoms with E-state index in [0.29, 0.717) is 31.7 Å². The van der Waals surface area contributed by atoms with Gasteiger partial charge in [-0.15, -0.1) is 0 Å². The number of rotatable bonds is 4. The lowest BCUT2D eigenvalue weighted by Crippen LogP contribution is -2.40. The number of fused-ring (bicyclic) bond motifs is 1. The largest absolute Gasteiger partial charge is 0.325 e. The number of benzene rings is 2. The molecule has 0 bridgehead atoms. The molecule has 6 nitrogen and oxygen atoms in total. The highest BCUT2D eigenvalue weighted by Crippen LogP contribution is 2.45. The van der Waals surface area contributed by atoms with Crippen molar-refractivity contribution in [3.63, 3.8) is 0 Å². The highest BCUT2D eigenvalue weighted by atomic mass is 32.2. The average Bonchev–Trinajstić information content (AvgIpc) is 3.28. The van der Waals surface area contributed by atoms with Crippen LogP contribution < -0.4 is 10.2 Å². The summed E-state index contributed by atoms with van der Waals surface area (Å²) in [6.07, 6.45) is 5.21. The van der Waals surface area contributed by atoms with Crippen LogP contribution in [0, 0.1) is 6.92 Å². The summed E-state index contributed by atoms with van der Waals surface area (Å²) in [6, 6.07) is 14.9. The van der Waals surface area contributed by atoms with Gasteiger partial charge in [-0.3, -0.25) is 24.2 Å². The summed E-state index contributed by atoms with van der Waals surface area (Å²) in [6.45, 7) is 1.83. The van der Waals surface area contributed by atoms with Crippen molar-refractivity contribution in [2.75, 3.05) is 16.8 Å². The quantitative estimate of drug-likeness (QED) is 0.487. The average molecular weight is 492 g/mol. The Balaban J connectivity index is 1.43. The molecule has 5 rings (SSSR count). The second-order valence-corrected chi connectivity index (χ2v) is 10.5. The molecule has 0 spiro atoms. The fraction of sp³-hybridized carbons (Fsp3) is 0.308. The van der Waals surface area contributed by atoms with E-state index in [2.05, 4.69) is 5.32 Å². The van der Waals surface area contributed by atoms with Gasteiger partial charge in [0.25, 0.3) is 11.8 Å². The first-order valence-corrected chi connectivity index (χ1v) is 12.7.